The first-order chi connectivity index (χ1) is 4.93. The first-order valence-corrected chi connectivity index (χ1v) is 3.44. The summed E-state index contributed by atoms with van der Waals surface area (Å²) in [7, 11) is 0. The van der Waals surface area contributed by atoms with Crippen molar-refractivity contribution in [1.29, 1.82) is 0 Å². The summed E-state index contributed by atoms with van der Waals surface area (Å²) in [6.45, 7) is 1.78. The van der Waals surface area contributed by atoms with Gasteiger partial charge in [-0.3, -0.25) is 0 Å². The van der Waals surface area contributed by atoms with E-state index >= 15 is 0 Å². The van der Waals surface area contributed by atoms with Gasteiger partial charge in [0.15, 0.2) is 6.73 Å². The van der Waals surface area contributed by atoms with Crippen LogP contribution < -0.4 is 9.64 Å². The molecule has 3 rings (SSSR count). The van der Waals surface area contributed by atoms with E-state index < -0.39 is 0 Å². The lowest BCUT2D eigenvalue weighted by Crippen LogP contribution is -2.17. The molecule has 2 bridgehead atoms. The van der Waals surface area contributed by atoms with Gasteiger partial charge in [0.05, 0.1) is 5.69 Å². The zero-order valence-electron chi connectivity index (χ0n) is 5.50. The van der Waals surface area contributed by atoms with E-state index in [0.29, 0.717) is 0 Å². The summed E-state index contributed by atoms with van der Waals surface area (Å²) in [4.78, 5) is 2.24. The molecule has 2 nitrogen and oxygen atoms in total. The Morgan fingerprint density at radius 3 is 3.40 bits per heavy atom. The lowest BCUT2D eigenvalue weighted by Gasteiger charge is -2.08. The minimum Gasteiger partial charge on any atom is -0.471 e. The van der Waals surface area contributed by atoms with Gasteiger partial charge >= 0.3 is 0 Å². The van der Waals surface area contributed by atoms with Crippen LogP contribution in [0.5, 0.6) is 5.75 Å². The molecule has 0 radical (unpaired) electrons. The van der Waals surface area contributed by atoms with Gasteiger partial charge in [-0.15, -0.1) is 0 Å². The number of hydrogen-bond donors (Lipinski definition) is 0. The zero-order chi connectivity index (χ0) is 6.55. The summed E-state index contributed by atoms with van der Waals surface area (Å²) in [5, 5.41) is 0. The second-order valence-electron chi connectivity index (χ2n) is 2.77. The van der Waals surface area contributed by atoms with E-state index in [9.17, 15) is 0 Å². The fraction of sp³-hybridized carbons (Fsp3) is 0.250. The molecule has 2 heteroatoms. The molecule has 0 amide bonds. The molecule has 1 aromatic carbocycles. The molecule has 1 aromatic rings. The van der Waals surface area contributed by atoms with Crippen LogP contribution in [0.1, 0.15) is 5.56 Å². The summed E-state index contributed by atoms with van der Waals surface area (Å²) >= 11 is 0. The Labute approximate surface area is 59.0 Å². The zero-order valence-corrected chi connectivity index (χ0v) is 5.50. The number of ether oxygens (including phenoxy) is 1. The Kier molecular flexibility index (Phi) is 0.592. The van der Waals surface area contributed by atoms with E-state index in [1.54, 1.807) is 0 Å². The van der Waals surface area contributed by atoms with Crippen LogP contribution in [0, 0.1) is 0 Å². The predicted octanol–water partition coefficient (Wildman–Crippen LogP) is 1.36. The fourth-order valence-corrected chi connectivity index (χ4v) is 1.60. The van der Waals surface area contributed by atoms with E-state index in [1.807, 2.05) is 0 Å². The molecule has 10 heavy (non-hydrogen) atoms. The second-order valence-corrected chi connectivity index (χ2v) is 2.77. The van der Waals surface area contributed by atoms with Gasteiger partial charge < -0.3 is 9.64 Å². The topological polar surface area (TPSA) is 12.5 Å². The van der Waals surface area contributed by atoms with Crippen molar-refractivity contribution in [3.8, 4) is 5.75 Å². The molecule has 0 N–H and O–H groups in total. The van der Waals surface area contributed by atoms with Crippen molar-refractivity contribution in [3.05, 3.63) is 23.8 Å². The Balaban J connectivity index is 2.37. The molecule has 0 unspecified atom stereocenters. The Hall–Kier alpha value is -1.18. The highest BCUT2D eigenvalue weighted by Crippen LogP contribution is 2.39. The monoisotopic (exact) mass is 133 g/mol. The molecule has 0 spiro atoms. The first kappa shape index (κ1) is 4.61. The van der Waals surface area contributed by atoms with Gasteiger partial charge in [0.2, 0.25) is 0 Å². The highest BCUT2D eigenvalue weighted by atomic mass is 16.5. The molecular formula is C8H7NO. The number of rotatable bonds is 0. The number of anilines is 1. The predicted molar refractivity (Wildman–Crippen MR) is 38.1 cm³/mol. The highest BCUT2D eigenvalue weighted by Gasteiger charge is 2.25. The number of fused-ring (bicyclic) bond motifs is 1. The SMILES string of the molecule is c1cc2c3cc1CN3CO2. The van der Waals surface area contributed by atoms with E-state index in [4.69, 9.17) is 4.74 Å². The molecular weight excluding hydrogens is 126 g/mol. The molecule has 0 aromatic heterocycles. The summed E-state index contributed by atoms with van der Waals surface area (Å²) in [6.07, 6.45) is 0. The minimum atomic E-state index is 0.745. The van der Waals surface area contributed by atoms with Crippen molar-refractivity contribution >= 4 is 5.69 Å². The standard InChI is InChI=1S/C8H7NO/c1-2-8-7-3-6(1)4-9(7)5-10-8/h1-3H,4-5H2. The molecule has 0 aliphatic carbocycles. The fourth-order valence-electron chi connectivity index (χ4n) is 1.60. The second kappa shape index (κ2) is 1.29. The molecule has 0 fully saturated rings. The molecule has 0 saturated carbocycles. The van der Waals surface area contributed by atoms with E-state index in [-0.39, 0.29) is 0 Å². The van der Waals surface area contributed by atoms with Crippen LogP contribution in [-0.2, 0) is 6.54 Å². The summed E-state index contributed by atoms with van der Waals surface area (Å²) < 4.78 is 5.38. The van der Waals surface area contributed by atoms with Crippen molar-refractivity contribution in [2.75, 3.05) is 11.6 Å². The van der Waals surface area contributed by atoms with Crippen LogP contribution in [0.2, 0.25) is 0 Å². The number of benzene rings is 1. The van der Waals surface area contributed by atoms with Gasteiger partial charge in [0.1, 0.15) is 5.75 Å². The maximum absolute atomic E-state index is 5.38. The summed E-state index contributed by atoms with van der Waals surface area (Å²) in [5.74, 6) is 1.04. The Bertz CT molecular complexity index is 295. The van der Waals surface area contributed by atoms with Crippen molar-refractivity contribution < 1.29 is 4.74 Å². The molecule has 2 aliphatic heterocycles. The summed E-state index contributed by atoms with van der Waals surface area (Å²) in [5.41, 5.74) is 2.68. The molecule has 2 aliphatic rings. The maximum atomic E-state index is 5.38. The number of nitrogens with zero attached hydrogens (tertiary/aromatic N) is 1. The number of hydrogen-bond acceptors (Lipinski definition) is 2. The van der Waals surface area contributed by atoms with Gasteiger partial charge in [-0.2, -0.15) is 0 Å². The van der Waals surface area contributed by atoms with Crippen molar-refractivity contribution in [2.45, 2.75) is 6.54 Å². The first-order valence-electron chi connectivity index (χ1n) is 3.44. The maximum Gasteiger partial charge on any atom is 0.162 e. The van der Waals surface area contributed by atoms with Gasteiger partial charge in [-0.1, -0.05) is 6.07 Å². The third-order valence-electron chi connectivity index (χ3n) is 2.11. The normalized spacial score (nSPS) is 17.8. The lowest BCUT2D eigenvalue weighted by atomic mass is 10.2. The largest absolute Gasteiger partial charge is 0.471 e. The third kappa shape index (κ3) is 0.375. The van der Waals surface area contributed by atoms with Gasteiger partial charge in [0.25, 0.3) is 0 Å². The van der Waals surface area contributed by atoms with Crippen LogP contribution in [0.25, 0.3) is 0 Å². The lowest BCUT2D eigenvalue weighted by molar-refractivity contribution is 0.344. The quantitative estimate of drug-likeness (QED) is 0.529. The smallest absolute Gasteiger partial charge is 0.162 e. The van der Waals surface area contributed by atoms with Crippen molar-refractivity contribution in [2.24, 2.45) is 0 Å². The third-order valence-corrected chi connectivity index (χ3v) is 2.11. The molecule has 0 saturated heterocycles. The minimum absolute atomic E-state index is 0.745. The Morgan fingerprint density at radius 2 is 2.40 bits per heavy atom. The van der Waals surface area contributed by atoms with Gasteiger partial charge in [-0.05, 0) is 17.7 Å². The van der Waals surface area contributed by atoms with Gasteiger partial charge in [-0.25, -0.2) is 0 Å². The average molecular weight is 133 g/mol. The molecule has 0 atom stereocenters. The molecule has 2 heterocycles. The van der Waals surface area contributed by atoms with Crippen LogP contribution in [0.15, 0.2) is 18.2 Å². The average Bonchev–Trinajstić information content (AvgIpc) is 2.38. The van der Waals surface area contributed by atoms with Crippen LogP contribution >= 0.6 is 0 Å². The van der Waals surface area contributed by atoms with E-state index in [1.165, 1.54) is 11.3 Å². The van der Waals surface area contributed by atoms with Gasteiger partial charge in [0, 0.05) is 6.54 Å². The van der Waals surface area contributed by atoms with Crippen molar-refractivity contribution in [3.63, 3.8) is 0 Å². The van der Waals surface area contributed by atoms with E-state index in [2.05, 4.69) is 23.1 Å². The van der Waals surface area contributed by atoms with Crippen LogP contribution in [0.3, 0.4) is 0 Å². The van der Waals surface area contributed by atoms with E-state index in [0.717, 1.165) is 19.0 Å². The summed E-state index contributed by atoms with van der Waals surface area (Å²) in [6, 6.07) is 6.37. The molecule has 50 valence electrons. The van der Waals surface area contributed by atoms with Crippen molar-refractivity contribution in [1.82, 2.24) is 0 Å². The Morgan fingerprint density at radius 1 is 1.40 bits per heavy atom. The van der Waals surface area contributed by atoms with Crippen LogP contribution in [-0.4, -0.2) is 6.73 Å². The highest BCUT2D eigenvalue weighted by molar-refractivity contribution is 5.66. The van der Waals surface area contributed by atoms with Crippen LogP contribution in [0.4, 0.5) is 5.69 Å².